The first-order valence-electron chi connectivity index (χ1n) is 3.46. The van der Waals surface area contributed by atoms with Gasteiger partial charge in [-0.3, -0.25) is 0 Å². The zero-order valence-electron chi connectivity index (χ0n) is 6.42. The lowest BCUT2D eigenvalue weighted by Gasteiger charge is -2.13. The Morgan fingerprint density at radius 3 is 2.90 bits per heavy atom. The minimum Gasteiger partial charge on any atom is -0.497 e. The number of hydrogen-bond donors (Lipinski definition) is 1. The number of rotatable bonds is 2. The van der Waals surface area contributed by atoms with Crippen molar-refractivity contribution in [3.05, 3.63) is 24.0 Å². The molecule has 10 heavy (non-hydrogen) atoms. The number of nitrogens with one attached hydrogen (secondary N) is 1. The van der Waals surface area contributed by atoms with Crippen LogP contribution in [0.25, 0.3) is 0 Å². The molecule has 0 aromatic carbocycles. The van der Waals surface area contributed by atoms with Crippen molar-refractivity contribution in [3.8, 4) is 0 Å². The largest absolute Gasteiger partial charge is 0.497 e. The Bertz CT molecular complexity index is 161. The second-order valence-electron chi connectivity index (χ2n) is 2.30. The van der Waals surface area contributed by atoms with E-state index in [-0.39, 0.29) is 0 Å². The maximum atomic E-state index is 5.03. The molecular formula is C8H13NO. The Morgan fingerprint density at radius 1 is 1.70 bits per heavy atom. The second-order valence-corrected chi connectivity index (χ2v) is 2.30. The van der Waals surface area contributed by atoms with Crippen LogP contribution < -0.4 is 5.32 Å². The second kappa shape index (κ2) is 3.42. The topological polar surface area (TPSA) is 21.3 Å². The third-order valence-corrected chi connectivity index (χ3v) is 1.67. The van der Waals surface area contributed by atoms with Gasteiger partial charge in [-0.1, -0.05) is 6.08 Å². The minimum atomic E-state index is 0.485. The lowest BCUT2D eigenvalue weighted by Crippen LogP contribution is -2.23. The molecule has 2 heteroatoms. The molecule has 1 unspecified atom stereocenters. The molecular weight excluding hydrogens is 126 g/mol. The summed E-state index contributed by atoms with van der Waals surface area (Å²) in [6.45, 7) is 0. The number of methoxy groups -OCH3 is 1. The van der Waals surface area contributed by atoms with Gasteiger partial charge in [-0.2, -0.15) is 0 Å². The maximum Gasteiger partial charge on any atom is 0.114 e. The van der Waals surface area contributed by atoms with Crippen LogP contribution in [0.15, 0.2) is 24.0 Å². The molecule has 0 bridgehead atoms. The molecule has 1 atom stereocenters. The molecule has 0 fully saturated rings. The summed E-state index contributed by atoms with van der Waals surface area (Å²) < 4.78 is 5.03. The predicted octanol–water partition coefficient (Wildman–Crippen LogP) is 1.06. The van der Waals surface area contributed by atoms with E-state index >= 15 is 0 Å². The molecule has 0 spiro atoms. The van der Waals surface area contributed by atoms with Crippen LogP contribution in [0.2, 0.25) is 0 Å². The standard InChI is InChI=1S/C8H13NO/c1-9-7-3-5-8(10-2)6-4-7/h3,5-7,9H,4H2,1-2H3. The lowest BCUT2D eigenvalue weighted by atomic mass is 10.1. The Morgan fingerprint density at radius 2 is 2.50 bits per heavy atom. The zero-order valence-corrected chi connectivity index (χ0v) is 6.42. The van der Waals surface area contributed by atoms with Crippen molar-refractivity contribution in [2.75, 3.05) is 14.2 Å². The highest BCUT2D eigenvalue weighted by molar-refractivity contribution is 5.19. The molecule has 0 radical (unpaired) electrons. The van der Waals surface area contributed by atoms with Crippen LogP contribution in [0, 0.1) is 0 Å². The van der Waals surface area contributed by atoms with Crippen LogP contribution in [0.3, 0.4) is 0 Å². The summed E-state index contributed by atoms with van der Waals surface area (Å²) in [6.07, 6.45) is 7.21. The van der Waals surface area contributed by atoms with Crippen molar-refractivity contribution in [2.24, 2.45) is 0 Å². The van der Waals surface area contributed by atoms with Crippen LogP contribution in [0.1, 0.15) is 6.42 Å². The fraction of sp³-hybridized carbons (Fsp3) is 0.500. The predicted molar refractivity (Wildman–Crippen MR) is 41.7 cm³/mol. The van der Waals surface area contributed by atoms with Crippen LogP contribution in [0.5, 0.6) is 0 Å². The number of hydrogen-bond acceptors (Lipinski definition) is 2. The highest BCUT2D eigenvalue weighted by Gasteiger charge is 2.04. The van der Waals surface area contributed by atoms with Crippen molar-refractivity contribution in [2.45, 2.75) is 12.5 Å². The molecule has 56 valence electrons. The van der Waals surface area contributed by atoms with E-state index in [2.05, 4.69) is 17.5 Å². The summed E-state index contributed by atoms with van der Waals surface area (Å²) in [4.78, 5) is 0. The number of ether oxygens (including phenoxy) is 1. The van der Waals surface area contributed by atoms with Crippen LogP contribution in [0.4, 0.5) is 0 Å². The summed E-state index contributed by atoms with van der Waals surface area (Å²) in [5.74, 6) is 0.964. The normalized spacial score (nSPS) is 24.2. The van der Waals surface area contributed by atoms with Gasteiger partial charge in [-0.05, 0) is 25.6 Å². The smallest absolute Gasteiger partial charge is 0.114 e. The SMILES string of the molecule is CNC1C=CC(OC)=CC1. The molecule has 1 aliphatic rings. The lowest BCUT2D eigenvalue weighted by molar-refractivity contribution is 0.302. The van der Waals surface area contributed by atoms with Crippen molar-refractivity contribution < 1.29 is 4.74 Å². The third-order valence-electron chi connectivity index (χ3n) is 1.67. The van der Waals surface area contributed by atoms with E-state index in [1.54, 1.807) is 7.11 Å². The van der Waals surface area contributed by atoms with Crippen molar-refractivity contribution >= 4 is 0 Å². The summed E-state index contributed by atoms with van der Waals surface area (Å²) in [5.41, 5.74) is 0. The third kappa shape index (κ3) is 1.61. The van der Waals surface area contributed by atoms with Gasteiger partial charge in [0, 0.05) is 6.04 Å². The molecule has 2 nitrogen and oxygen atoms in total. The van der Waals surface area contributed by atoms with Crippen LogP contribution in [-0.4, -0.2) is 20.2 Å². The molecule has 1 rings (SSSR count). The Hall–Kier alpha value is -0.760. The molecule has 1 aliphatic carbocycles. The van der Waals surface area contributed by atoms with E-state index in [1.807, 2.05) is 13.1 Å². The summed E-state index contributed by atoms with van der Waals surface area (Å²) in [5, 5.41) is 3.16. The fourth-order valence-corrected chi connectivity index (χ4v) is 0.966. The van der Waals surface area contributed by atoms with E-state index in [0.717, 1.165) is 12.2 Å². The van der Waals surface area contributed by atoms with Gasteiger partial charge in [-0.15, -0.1) is 0 Å². The molecule has 0 amide bonds. The monoisotopic (exact) mass is 139 g/mol. The van der Waals surface area contributed by atoms with Gasteiger partial charge < -0.3 is 10.1 Å². The average molecular weight is 139 g/mol. The van der Waals surface area contributed by atoms with Crippen LogP contribution >= 0.6 is 0 Å². The van der Waals surface area contributed by atoms with Gasteiger partial charge in [0.25, 0.3) is 0 Å². The molecule has 0 heterocycles. The van der Waals surface area contributed by atoms with Gasteiger partial charge in [-0.25, -0.2) is 0 Å². The molecule has 1 N–H and O–H groups in total. The van der Waals surface area contributed by atoms with E-state index in [1.165, 1.54) is 0 Å². The van der Waals surface area contributed by atoms with Gasteiger partial charge in [0.1, 0.15) is 5.76 Å². The first-order chi connectivity index (χ1) is 4.86. The van der Waals surface area contributed by atoms with Crippen LogP contribution in [-0.2, 0) is 4.74 Å². The molecule has 0 saturated carbocycles. The van der Waals surface area contributed by atoms with Crippen molar-refractivity contribution in [3.63, 3.8) is 0 Å². The molecule has 0 saturated heterocycles. The van der Waals surface area contributed by atoms with E-state index in [9.17, 15) is 0 Å². The highest BCUT2D eigenvalue weighted by Crippen LogP contribution is 2.09. The average Bonchev–Trinajstić information content (AvgIpc) is 2.05. The maximum absolute atomic E-state index is 5.03. The van der Waals surface area contributed by atoms with Crippen molar-refractivity contribution in [1.29, 1.82) is 0 Å². The quantitative estimate of drug-likeness (QED) is 0.617. The first kappa shape index (κ1) is 7.35. The molecule has 0 aromatic heterocycles. The highest BCUT2D eigenvalue weighted by atomic mass is 16.5. The van der Waals surface area contributed by atoms with E-state index in [4.69, 9.17) is 4.74 Å². The molecule has 0 aliphatic heterocycles. The van der Waals surface area contributed by atoms with Crippen molar-refractivity contribution in [1.82, 2.24) is 5.32 Å². The summed E-state index contributed by atoms with van der Waals surface area (Å²) in [7, 11) is 3.65. The fourth-order valence-electron chi connectivity index (χ4n) is 0.966. The number of allylic oxidation sites excluding steroid dienone is 1. The van der Waals surface area contributed by atoms with Gasteiger partial charge in [0.05, 0.1) is 7.11 Å². The van der Waals surface area contributed by atoms with E-state index in [0.29, 0.717) is 6.04 Å². The number of likely N-dealkylation sites (N-methyl/N-ethyl adjacent to an activating group) is 1. The first-order valence-corrected chi connectivity index (χ1v) is 3.46. The zero-order chi connectivity index (χ0) is 7.40. The Labute approximate surface area is 61.6 Å². The van der Waals surface area contributed by atoms with Gasteiger partial charge in [0.15, 0.2) is 0 Å². The Kier molecular flexibility index (Phi) is 2.51. The van der Waals surface area contributed by atoms with E-state index < -0.39 is 0 Å². The molecule has 0 aromatic rings. The minimum absolute atomic E-state index is 0.485. The summed E-state index contributed by atoms with van der Waals surface area (Å²) >= 11 is 0. The van der Waals surface area contributed by atoms with Gasteiger partial charge >= 0.3 is 0 Å². The van der Waals surface area contributed by atoms with Gasteiger partial charge in [0.2, 0.25) is 0 Å². The Balaban J connectivity index is 2.46. The summed E-state index contributed by atoms with van der Waals surface area (Å²) in [6, 6.07) is 0.485.